The molecule has 0 unspecified atom stereocenters. The van der Waals surface area contributed by atoms with Crippen LogP contribution >= 0.6 is 23.2 Å². The van der Waals surface area contributed by atoms with Gasteiger partial charge in [-0.3, -0.25) is 0 Å². The Hall–Kier alpha value is -0.240. The van der Waals surface area contributed by atoms with Gasteiger partial charge in [-0.15, -0.1) is 0 Å². The molecule has 1 aliphatic rings. The molecule has 0 radical (unpaired) electrons. The summed E-state index contributed by atoms with van der Waals surface area (Å²) in [4.78, 5) is 0. The zero-order chi connectivity index (χ0) is 10.2. The Morgan fingerprint density at radius 3 is 2.21 bits per heavy atom. The predicted molar refractivity (Wildman–Crippen MR) is 61.2 cm³/mol. The van der Waals surface area contributed by atoms with Crippen LogP contribution in [0.5, 0.6) is 0 Å². The maximum Gasteiger partial charge on any atom is 0.0423 e. The van der Waals surface area contributed by atoms with E-state index in [2.05, 4.69) is 5.32 Å². The van der Waals surface area contributed by atoms with Crippen LogP contribution in [0.1, 0.15) is 18.4 Å². The van der Waals surface area contributed by atoms with E-state index in [0.717, 1.165) is 16.5 Å². The lowest BCUT2D eigenvalue weighted by molar-refractivity contribution is 0.549. The van der Waals surface area contributed by atoms with Gasteiger partial charge in [-0.25, -0.2) is 0 Å². The van der Waals surface area contributed by atoms with Crippen molar-refractivity contribution in [3.63, 3.8) is 0 Å². The van der Waals surface area contributed by atoms with Crippen molar-refractivity contribution < 1.29 is 0 Å². The molecule has 0 spiro atoms. The first-order chi connectivity index (χ1) is 6.63. The SMILES string of the molecule is CNC1(Cc2cc(Cl)cc(Cl)c2)CC1. The van der Waals surface area contributed by atoms with E-state index in [-0.39, 0.29) is 0 Å². The molecular weight excluding hydrogens is 217 g/mol. The molecule has 1 aromatic rings. The van der Waals surface area contributed by atoms with Gasteiger partial charge in [0.2, 0.25) is 0 Å². The first kappa shape index (κ1) is 10.3. The number of hydrogen-bond donors (Lipinski definition) is 1. The molecule has 14 heavy (non-hydrogen) atoms. The van der Waals surface area contributed by atoms with E-state index >= 15 is 0 Å². The van der Waals surface area contributed by atoms with Gasteiger partial charge < -0.3 is 5.32 Å². The molecule has 0 amide bonds. The molecule has 0 aliphatic heterocycles. The summed E-state index contributed by atoms with van der Waals surface area (Å²) in [5.74, 6) is 0. The van der Waals surface area contributed by atoms with Gasteiger partial charge >= 0.3 is 0 Å². The standard InChI is InChI=1S/C11H13Cl2N/c1-14-11(2-3-11)7-8-4-9(12)6-10(13)5-8/h4-6,14H,2-3,7H2,1H3. The van der Waals surface area contributed by atoms with Crippen molar-refractivity contribution in [2.75, 3.05) is 7.05 Å². The molecule has 0 heterocycles. The quantitative estimate of drug-likeness (QED) is 0.840. The van der Waals surface area contributed by atoms with Crippen LogP contribution in [0.25, 0.3) is 0 Å². The summed E-state index contributed by atoms with van der Waals surface area (Å²) in [5, 5.41) is 4.80. The highest BCUT2D eigenvalue weighted by molar-refractivity contribution is 6.34. The summed E-state index contributed by atoms with van der Waals surface area (Å²) in [6.07, 6.45) is 3.51. The van der Waals surface area contributed by atoms with Crippen LogP contribution in [0.2, 0.25) is 10.0 Å². The van der Waals surface area contributed by atoms with Crippen LogP contribution in [0.3, 0.4) is 0 Å². The summed E-state index contributed by atoms with van der Waals surface area (Å²) in [5.41, 5.74) is 1.53. The lowest BCUT2D eigenvalue weighted by Crippen LogP contribution is -2.29. The molecular formula is C11H13Cl2N. The van der Waals surface area contributed by atoms with Crippen LogP contribution in [-0.4, -0.2) is 12.6 Å². The average Bonchev–Trinajstić information content (AvgIpc) is 2.83. The maximum atomic E-state index is 5.94. The lowest BCUT2D eigenvalue weighted by Gasteiger charge is -2.14. The number of benzene rings is 1. The van der Waals surface area contributed by atoms with Crippen molar-refractivity contribution in [3.05, 3.63) is 33.8 Å². The summed E-state index contributed by atoms with van der Waals surface area (Å²) in [6, 6.07) is 5.75. The van der Waals surface area contributed by atoms with Gasteiger partial charge in [-0.2, -0.15) is 0 Å². The van der Waals surface area contributed by atoms with Crippen molar-refractivity contribution >= 4 is 23.2 Å². The van der Waals surface area contributed by atoms with E-state index in [4.69, 9.17) is 23.2 Å². The minimum absolute atomic E-state index is 0.314. The second-order valence-electron chi connectivity index (χ2n) is 3.98. The zero-order valence-corrected chi connectivity index (χ0v) is 9.62. The molecule has 2 rings (SSSR count). The molecule has 0 bridgehead atoms. The number of likely N-dealkylation sites (N-methyl/N-ethyl adjacent to an activating group) is 1. The Labute approximate surface area is 94.4 Å². The molecule has 0 saturated heterocycles. The number of halogens is 2. The normalized spacial score (nSPS) is 18.2. The molecule has 0 aromatic heterocycles. The van der Waals surface area contributed by atoms with Crippen molar-refractivity contribution in [2.45, 2.75) is 24.8 Å². The van der Waals surface area contributed by atoms with E-state index < -0.39 is 0 Å². The van der Waals surface area contributed by atoms with Crippen LogP contribution < -0.4 is 5.32 Å². The minimum atomic E-state index is 0.314. The Balaban J connectivity index is 2.16. The zero-order valence-electron chi connectivity index (χ0n) is 8.11. The second-order valence-corrected chi connectivity index (χ2v) is 4.86. The van der Waals surface area contributed by atoms with Crippen molar-refractivity contribution in [3.8, 4) is 0 Å². The van der Waals surface area contributed by atoms with Crippen molar-refractivity contribution in [2.24, 2.45) is 0 Å². The highest BCUT2D eigenvalue weighted by Gasteiger charge is 2.40. The number of nitrogens with one attached hydrogen (secondary N) is 1. The third kappa shape index (κ3) is 2.22. The largest absolute Gasteiger partial charge is 0.314 e. The minimum Gasteiger partial charge on any atom is -0.314 e. The molecule has 1 fully saturated rings. The Morgan fingerprint density at radius 1 is 1.21 bits per heavy atom. The van der Waals surface area contributed by atoms with Gasteiger partial charge in [-0.05, 0) is 50.1 Å². The molecule has 3 heteroatoms. The Kier molecular flexibility index (Phi) is 2.74. The topological polar surface area (TPSA) is 12.0 Å². The van der Waals surface area contributed by atoms with Gasteiger partial charge in [0.15, 0.2) is 0 Å². The van der Waals surface area contributed by atoms with Gasteiger partial charge in [0.1, 0.15) is 0 Å². The first-order valence-corrected chi connectivity index (χ1v) is 5.53. The van der Waals surface area contributed by atoms with Crippen molar-refractivity contribution in [1.29, 1.82) is 0 Å². The molecule has 1 nitrogen and oxygen atoms in total. The van der Waals surface area contributed by atoms with Gasteiger partial charge in [0.05, 0.1) is 0 Å². The second kappa shape index (κ2) is 3.73. The lowest BCUT2D eigenvalue weighted by atomic mass is 10.0. The van der Waals surface area contributed by atoms with E-state index in [9.17, 15) is 0 Å². The predicted octanol–water partition coefficient (Wildman–Crippen LogP) is 3.29. The number of hydrogen-bond acceptors (Lipinski definition) is 1. The molecule has 1 aliphatic carbocycles. The molecule has 1 N–H and O–H groups in total. The maximum absolute atomic E-state index is 5.94. The number of rotatable bonds is 3. The summed E-state index contributed by atoms with van der Waals surface area (Å²) < 4.78 is 0. The Morgan fingerprint density at radius 2 is 1.79 bits per heavy atom. The fourth-order valence-electron chi connectivity index (χ4n) is 1.77. The molecule has 0 atom stereocenters. The van der Waals surface area contributed by atoms with Gasteiger partial charge in [0.25, 0.3) is 0 Å². The average molecular weight is 230 g/mol. The first-order valence-electron chi connectivity index (χ1n) is 4.77. The van der Waals surface area contributed by atoms with E-state index in [1.54, 1.807) is 6.07 Å². The van der Waals surface area contributed by atoms with Crippen molar-refractivity contribution in [1.82, 2.24) is 5.32 Å². The fraction of sp³-hybridized carbons (Fsp3) is 0.455. The molecule has 76 valence electrons. The third-order valence-electron chi connectivity index (χ3n) is 2.85. The molecule has 1 aromatic carbocycles. The van der Waals surface area contributed by atoms with Crippen LogP contribution in [0.4, 0.5) is 0 Å². The van der Waals surface area contributed by atoms with E-state index in [0.29, 0.717) is 5.54 Å². The smallest absolute Gasteiger partial charge is 0.0423 e. The fourth-order valence-corrected chi connectivity index (χ4v) is 2.34. The monoisotopic (exact) mass is 229 g/mol. The summed E-state index contributed by atoms with van der Waals surface area (Å²) in [6.45, 7) is 0. The molecule has 1 saturated carbocycles. The van der Waals surface area contributed by atoms with Gasteiger partial charge in [-0.1, -0.05) is 23.2 Å². The highest BCUT2D eigenvalue weighted by atomic mass is 35.5. The van der Waals surface area contributed by atoms with Crippen LogP contribution in [0, 0.1) is 0 Å². The van der Waals surface area contributed by atoms with E-state index in [1.165, 1.54) is 18.4 Å². The Bertz CT molecular complexity index is 325. The van der Waals surface area contributed by atoms with Crippen LogP contribution in [0.15, 0.2) is 18.2 Å². The highest BCUT2D eigenvalue weighted by Crippen LogP contribution is 2.38. The third-order valence-corrected chi connectivity index (χ3v) is 3.29. The van der Waals surface area contributed by atoms with E-state index in [1.807, 2.05) is 19.2 Å². The summed E-state index contributed by atoms with van der Waals surface area (Å²) >= 11 is 11.9. The summed E-state index contributed by atoms with van der Waals surface area (Å²) in [7, 11) is 2.01. The van der Waals surface area contributed by atoms with Gasteiger partial charge in [0, 0.05) is 15.6 Å². The van der Waals surface area contributed by atoms with Crippen LogP contribution in [-0.2, 0) is 6.42 Å².